The molecule has 0 atom stereocenters. The summed E-state index contributed by atoms with van der Waals surface area (Å²) in [6, 6.07) is 3.35. The Balaban J connectivity index is 2.81. The van der Waals surface area contributed by atoms with Crippen LogP contribution in [0.5, 0.6) is 0 Å². The van der Waals surface area contributed by atoms with Crippen molar-refractivity contribution in [1.29, 1.82) is 0 Å². The van der Waals surface area contributed by atoms with Crippen molar-refractivity contribution < 1.29 is 14.7 Å². The quantitative estimate of drug-likeness (QED) is 0.701. The van der Waals surface area contributed by atoms with Crippen LogP contribution in [-0.4, -0.2) is 34.6 Å². The van der Waals surface area contributed by atoms with Gasteiger partial charge in [0.05, 0.1) is 5.56 Å². The summed E-state index contributed by atoms with van der Waals surface area (Å²) in [5.74, 6) is -1.09. The van der Waals surface area contributed by atoms with E-state index in [2.05, 4.69) is 15.6 Å². The molecule has 0 bridgehead atoms. The van der Waals surface area contributed by atoms with Crippen molar-refractivity contribution in [3.63, 3.8) is 0 Å². The average molecular weight is 237 g/mol. The van der Waals surface area contributed by atoms with Crippen molar-refractivity contribution in [2.24, 2.45) is 0 Å². The molecule has 1 amide bonds. The molecule has 92 valence electrons. The van der Waals surface area contributed by atoms with Gasteiger partial charge in [0, 0.05) is 12.2 Å². The Morgan fingerprint density at radius 1 is 1.47 bits per heavy atom. The number of nitrogens with one attached hydrogen (secondary N) is 2. The third-order valence-electron chi connectivity index (χ3n) is 1.88. The molecule has 0 unspecified atom stereocenters. The van der Waals surface area contributed by atoms with Crippen LogP contribution in [0.15, 0.2) is 18.3 Å². The monoisotopic (exact) mass is 237 g/mol. The third-order valence-corrected chi connectivity index (χ3v) is 1.88. The van der Waals surface area contributed by atoms with Crippen molar-refractivity contribution in [2.75, 3.05) is 11.9 Å². The van der Waals surface area contributed by atoms with E-state index in [9.17, 15) is 9.59 Å². The van der Waals surface area contributed by atoms with Gasteiger partial charge in [0.1, 0.15) is 12.4 Å². The van der Waals surface area contributed by atoms with Crippen molar-refractivity contribution in [3.05, 3.63) is 23.9 Å². The van der Waals surface area contributed by atoms with Gasteiger partial charge in [0.15, 0.2) is 0 Å². The van der Waals surface area contributed by atoms with Crippen LogP contribution < -0.4 is 10.6 Å². The highest BCUT2D eigenvalue weighted by atomic mass is 16.4. The van der Waals surface area contributed by atoms with Crippen molar-refractivity contribution >= 4 is 17.7 Å². The summed E-state index contributed by atoms with van der Waals surface area (Å²) >= 11 is 0. The first-order valence-corrected chi connectivity index (χ1v) is 5.22. The number of anilines is 1. The van der Waals surface area contributed by atoms with Crippen LogP contribution in [0, 0.1) is 0 Å². The number of amides is 1. The highest BCUT2D eigenvalue weighted by Gasteiger charge is 2.13. The lowest BCUT2D eigenvalue weighted by Crippen LogP contribution is -2.30. The van der Waals surface area contributed by atoms with Gasteiger partial charge in [0.2, 0.25) is 0 Å². The van der Waals surface area contributed by atoms with E-state index < -0.39 is 18.4 Å². The number of carbonyl (C=O) groups is 2. The Morgan fingerprint density at radius 3 is 2.76 bits per heavy atom. The number of rotatable bonds is 5. The Kier molecular flexibility index (Phi) is 4.45. The second kappa shape index (κ2) is 5.83. The zero-order chi connectivity index (χ0) is 12.8. The van der Waals surface area contributed by atoms with Gasteiger partial charge < -0.3 is 15.7 Å². The molecular weight excluding hydrogens is 222 g/mol. The molecule has 0 fully saturated rings. The fourth-order valence-corrected chi connectivity index (χ4v) is 1.23. The molecule has 0 aliphatic heterocycles. The molecule has 1 aromatic rings. The van der Waals surface area contributed by atoms with Gasteiger partial charge >= 0.3 is 5.97 Å². The van der Waals surface area contributed by atoms with Gasteiger partial charge in [-0.3, -0.25) is 9.59 Å². The van der Waals surface area contributed by atoms with Crippen LogP contribution in [0.4, 0.5) is 5.82 Å². The number of hydrogen-bond acceptors (Lipinski definition) is 4. The lowest BCUT2D eigenvalue weighted by Gasteiger charge is -2.12. The van der Waals surface area contributed by atoms with E-state index in [0.717, 1.165) is 0 Å². The van der Waals surface area contributed by atoms with E-state index in [1.54, 1.807) is 18.3 Å². The van der Waals surface area contributed by atoms with Gasteiger partial charge in [0.25, 0.3) is 5.91 Å². The smallest absolute Gasteiger partial charge is 0.322 e. The second-order valence-electron chi connectivity index (χ2n) is 3.78. The molecule has 0 radical (unpaired) electrons. The molecule has 0 aromatic carbocycles. The van der Waals surface area contributed by atoms with E-state index in [1.807, 2.05) is 13.8 Å². The maximum atomic E-state index is 11.7. The van der Waals surface area contributed by atoms with E-state index in [1.165, 1.54) is 0 Å². The SMILES string of the molecule is CC(C)Nc1ncccc1C(=O)NCC(=O)O. The summed E-state index contributed by atoms with van der Waals surface area (Å²) in [6.45, 7) is 3.44. The summed E-state index contributed by atoms with van der Waals surface area (Å²) in [7, 11) is 0. The molecule has 0 aliphatic carbocycles. The maximum Gasteiger partial charge on any atom is 0.322 e. The van der Waals surface area contributed by atoms with Crippen LogP contribution in [0.3, 0.4) is 0 Å². The molecule has 0 spiro atoms. The van der Waals surface area contributed by atoms with E-state index >= 15 is 0 Å². The number of pyridine rings is 1. The Bertz CT molecular complexity index is 418. The predicted molar refractivity (Wildman–Crippen MR) is 63.0 cm³/mol. The highest BCUT2D eigenvalue weighted by Crippen LogP contribution is 2.12. The number of carboxylic acid groups (broad SMARTS) is 1. The zero-order valence-corrected chi connectivity index (χ0v) is 9.73. The molecule has 3 N–H and O–H groups in total. The first-order chi connectivity index (χ1) is 8.00. The molecule has 0 saturated heterocycles. The number of aliphatic carboxylic acids is 1. The van der Waals surface area contributed by atoms with Crippen LogP contribution in [0.2, 0.25) is 0 Å². The lowest BCUT2D eigenvalue weighted by atomic mass is 10.2. The summed E-state index contributed by atoms with van der Waals surface area (Å²) < 4.78 is 0. The van der Waals surface area contributed by atoms with Gasteiger partial charge in [-0.1, -0.05) is 0 Å². The van der Waals surface area contributed by atoms with Gasteiger partial charge in [-0.05, 0) is 26.0 Å². The number of aromatic nitrogens is 1. The molecular formula is C11H15N3O3. The van der Waals surface area contributed by atoms with E-state index in [0.29, 0.717) is 11.4 Å². The van der Waals surface area contributed by atoms with Crippen LogP contribution in [-0.2, 0) is 4.79 Å². The largest absolute Gasteiger partial charge is 0.480 e. The van der Waals surface area contributed by atoms with Crippen molar-refractivity contribution in [2.45, 2.75) is 19.9 Å². The first-order valence-electron chi connectivity index (χ1n) is 5.22. The van der Waals surface area contributed by atoms with Gasteiger partial charge in [-0.25, -0.2) is 4.98 Å². The van der Waals surface area contributed by atoms with Gasteiger partial charge in [-0.2, -0.15) is 0 Å². The molecule has 0 aliphatic rings. The highest BCUT2D eigenvalue weighted by molar-refractivity contribution is 5.99. The summed E-state index contributed by atoms with van der Waals surface area (Å²) in [6.07, 6.45) is 1.57. The standard InChI is InChI=1S/C11H15N3O3/c1-7(2)14-10-8(4-3-5-12-10)11(17)13-6-9(15)16/h3-5,7H,6H2,1-2H3,(H,12,14)(H,13,17)(H,15,16). The predicted octanol–water partition coefficient (Wildman–Crippen LogP) is 0.716. The fourth-order valence-electron chi connectivity index (χ4n) is 1.23. The first kappa shape index (κ1) is 13.0. The molecule has 0 saturated carbocycles. The molecule has 1 rings (SSSR count). The average Bonchev–Trinajstić information content (AvgIpc) is 2.25. The van der Waals surface area contributed by atoms with Crippen LogP contribution in [0.25, 0.3) is 0 Å². The molecule has 1 heterocycles. The third kappa shape index (κ3) is 4.10. The Morgan fingerprint density at radius 2 is 2.18 bits per heavy atom. The summed E-state index contributed by atoms with van der Waals surface area (Å²) in [5, 5.41) is 13.8. The van der Waals surface area contributed by atoms with Crippen molar-refractivity contribution in [1.82, 2.24) is 10.3 Å². The maximum absolute atomic E-state index is 11.7. The second-order valence-corrected chi connectivity index (χ2v) is 3.78. The summed E-state index contributed by atoms with van der Waals surface area (Å²) in [5.41, 5.74) is 0.336. The molecule has 6 heteroatoms. The minimum absolute atomic E-state index is 0.135. The fraction of sp³-hybridized carbons (Fsp3) is 0.364. The molecule has 17 heavy (non-hydrogen) atoms. The molecule has 1 aromatic heterocycles. The number of hydrogen-bond donors (Lipinski definition) is 3. The van der Waals surface area contributed by atoms with Crippen molar-refractivity contribution in [3.8, 4) is 0 Å². The Labute approximate surface area is 99.1 Å². The minimum Gasteiger partial charge on any atom is -0.480 e. The zero-order valence-electron chi connectivity index (χ0n) is 9.73. The van der Waals surface area contributed by atoms with Crippen LogP contribution >= 0.6 is 0 Å². The topological polar surface area (TPSA) is 91.3 Å². The lowest BCUT2D eigenvalue weighted by molar-refractivity contribution is -0.135. The normalized spacial score (nSPS) is 10.1. The van der Waals surface area contributed by atoms with E-state index in [4.69, 9.17) is 5.11 Å². The number of nitrogens with zero attached hydrogens (tertiary/aromatic N) is 1. The van der Waals surface area contributed by atoms with Crippen LogP contribution in [0.1, 0.15) is 24.2 Å². The van der Waals surface area contributed by atoms with E-state index in [-0.39, 0.29) is 6.04 Å². The van der Waals surface area contributed by atoms with Gasteiger partial charge in [-0.15, -0.1) is 0 Å². The summed E-state index contributed by atoms with van der Waals surface area (Å²) in [4.78, 5) is 26.1. The number of carbonyl (C=O) groups excluding carboxylic acids is 1. The minimum atomic E-state index is -1.08. The molecule has 6 nitrogen and oxygen atoms in total. The Hall–Kier alpha value is -2.11. The number of carboxylic acids is 1.